The van der Waals surface area contributed by atoms with E-state index in [4.69, 9.17) is 16.3 Å². The zero-order valence-corrected chi connectivity index (χ0v) is 16.4. The molecule has 0 saturated carbocycles. The largest absolute Gasteiger partial charge is 0.473 e. The number of rotatable bonds is 6. The van der Waals surface area contributed by atoms with Gasteiger partial charge in [0.05, 0.1) is 0 Å². The minimum absolute atomic E-state index is 0.492. The number of piperazine rings is 1. The van der Waals surface area contributed by atoms with Gasteiger partial charge in [0.25, 0.3) is 0 Å². The van der Waals surface area contributed by atoms with Gasteiger partial charge in [-0.1, -0.05) is 29.8 Å². The van der Waals surface area contributed by atoms with Crippen LogP contribution in [0.2, 0.25) is 5.02 Å². The van der Waals surface area contributed by atoms with Crippen LogP contribution in [0.4, 0.5) is 5.82 Å². The molecule has 0 aliphatic carbocycles. The summed E-state index contributed by atoms with van der Waals surface area (Å²) in [5, 5.41) is 0.795. The average molecular weight is 395 g/mol. The van der Waals surface area contributed by atoms with Crippen LogP contribution in [-0.2, 0) is 13.2 Å². The quantitative estimate of drug-likeness (QED) is 0.631. The lowest BCUT2D eigenvalue weighted by Gasteiger charge is -2.35. The molecule has 1 aromatic carbocycles. The third-order valence-electron chi connectivity index (χ3n) is 4.84. The summed E-state index contributed by atoms with van der Waals surface area (Å²) in [5.74, 6) is 1.62. The van der Waals surface area contributed by atoms with Crippen LogP contribution < -0.4 is 9.64 Å². The van der Waals surface area contributed by atoms with Crippen molar-refractivity contribution in [3.63, 3.8) is 0 Å². The summed E-state index contributed by atoms with van der Waals surface area (Å²) in [6, 6.07) is 17.9. The summed E-state index contributed by atoms with van der Waals surface area (Å²) in [7, 11) is 0. The molecule has 0 atom stereocenters. The van der Waals surface area contributed by atoms with Gasteiger partial charge in [0.1, 0.15) is 12.4 Å². The molecule has 0 radical (unpaired) electrons. The van der Waals surface area contributed by atoms with E-state index in [1.807, 2.05) is 48.5 Å². The van der Waals surface area contributed by atoms with Gasteiger partial charge in [-0.2, -0.15) is 4.98 Å². The van der Waals surface area contributed by atoms with Gasteiger partial charge in [-0.25, -0.2) is 0 Å². The summed E-state index contributed by atoms with van der Waals surface area (Å²) in [6.07, 6.45) is 3.54. The van der Waals surface area contributed by atoms with E-state index < -0.39 is 0 Å². The highest BCUT2D eigenvalue weighted by atomic mass is 35.5. The van der Waals surface area contributed by atoms with Gasteiger partial charge in [-0.15, -0.1) is 0 Å². The molecule has 0 unspecified atom stereocenters. The van der Waals surface area contributed by atoms with Crippen molar-refractivity contribution in [1.29, 1.82) is 0 Å². The van der Waals surface area contributed by atoms with Crippen molar-refractivity contribution in [2.24, 2.45) is 0 Å². The standard InChI is InChI=1S/C22H23ClN4O/c23-20-4-1-3-19(15-20)16-26-11-13-27(14-12-26)21-5-2-6-22(25-21)28-17-18-7-9-24-10-8-18/h1-10,15H,11-14,16-17H2. The normalized spacial score (nSPS) is 14.8. The number of halogens is 1. The highest BCUT2D eigenvalue weighted by Crippen LogP contribution is 2.20. The van der Waals surface area contributed by atoms with Crippen LogP contribution in [0.1, 0.15) is 11.1 Å². The fourth-order valence-electron chi connectivity index (χ4n) is 3.33. The van der Waals surface area contributed by atoms with E-state index in [-0.39, 0.29) is 0 Å². The summed E-state index contributed by atoms with van der Waals surface area (Å²) < 4.78 is 5.85. The third-order valence-corrected chi connectivity index (χ3v) is 5.07. The van der Waals surface area contributed by atoms with Crippen molar-refractivity contribution in [3.8, 4) is 5.88 Å². The zero-order valence-electron chi connectivity index (χ0n) is 15.7. The predicted molar refractivity (Wildman–Crippen MR) is 112 cm³/mol. The first kappa shape index (κ1) is 18.7. The number of nitrogens with zero attached hydrogens (tertiary/aromatic N) is 4. The molecule has 28 heavy (non-hydrogen) atoms. The van der Waals surface area contributed by atoms with Crippen LogP contribution in [0.5, 0.6) is 5.88 Å². The van der Waals surface area contributed by atoms with Gasteiger partial charge >= 0.3 is 0 Å². The fraction of sp³-hybridized carbons (Fsp3) is 0.273. The Labute approximate surface area is 170 Å². The number of hydrogen-bond donors (Lipinski definition) is 0. The minimum atomic E-state index is 0.492. The molecule has 6 heteroatoms. The third kappa shape index (κ3) is 5.00. The molecule has 0 spiro atoms. The van der Waals surface area contributed by atoms with Crippen molar-refractivity contribution in [1.82, 2.24) is 14.9 Å². The molecule has 1 saturated heterocycles. The van der Waals surface area contributed by atoms with Gasteiger partial charge < -0.3 is 9.64 Å². The first-order valence-electron chi connectivity index (χ1n) is 9.47. The van der Waals surface area contributed by atoms with Gasteiger partial charge in [0, 0.05) is 56.2 Å². The van der Waals surface area contributed by atoms with Crippen LogP contribution in [-0.4, -0.2) is 41.0 Å². The lowest BCUT2D eigenvalue weighted by atomic mass is 10.2. The van der Waals surface area contributed by atoms with Crippen LogP contribution >= 0.6 is 11.6 Å². The molecule has 3 aromatic rings. The molecule has 1 aliphatic heterocycles. The van der Waals surface area contributed by atoms with Gasteiger partial charge in [0.15, 0.2) is 0 Å². The van der Waals surface area contributed by atoms with Crippen molar-refractivity contribution in [2.45, 2.75) is 13.2 Å². The maximum absolute atomic E-state index is 6.10. The van der Waals surface area contributed by atoms with Crippen LogP contribution in [0, 0.1) is 0 Å². The Bertz CT molecular complexity index is 898. The van der Waals surface area contributed by atoms with Crippen molar-refractivity contribution in [3.05, 3.63) is 83.1 Å². The number of pyridine rings is 2. The first-order chi connectivity index (χ1) is 13.8. The predicted octanol–water partition coefficient (Wildman–Crippen LogP) is 4.03. The molecule has 0 N–H and O–H groups in total. The van der Waals surface area contributed by atoms with E-state index >= 15 is 0 Å². The monoisotopic (exact) mass is 394 g/mol. The van der Waals surface area contributed by atoms with Gasteiger partial charge in [0.2, 0.25) is 5.88 Å². The average Bonchev–Trinajstić information content (AvgIpc) is 2.74. The Morgan fingerprint density at radius 1 is 0.893 bits per heavy atom. The SMILES string of the molecule is Clc1cccc(CN2CCN(c3cccc(OCc4ccncc4)n3)CC2)c1. The van der Waals surface area contributed by atoms with Gasteiger partial charge in [-0.3, -0.25) is 9.88 Å². The topological polar surface area (TPSA) is 41.5 Å². The second-order valence-electron chi connectivity index (χ2n) is 6.87. The highest BCUT2D eigenvalue weighted by Gasteiger charge is 2.18. The number of anilines is 1. The minimum Gasteiger partial charge on any atom is -0.473 e. The van der Waals surface area contributed by atoms with Crippen molar-refractivity contribution >= 4 is 17.4 Å². The van der Waals surface area contributed by atoms with Crippen LogP contribution in [0.3, 0.4) is 0 Å². The second kappa shape index (κ2) is 9.04. The van der Waals surface area contributed by atoms with Crippen LogP contribution in [0.25, 0.3) is 0 Å². The molecule has 0 bridgehead atoms. The highest BCUT2D eigenvalue weighted by molar-refractivity contribution is 6.30. The summed E-state index contributed by atoms with van der Waals surface area (Å²) >= 11 is 6.10. The molecule has 4 rings (SSSR count). The molecule has 144 valence electrons. The Balaban J connectivity index is 1.32. The molecule has 3 heterocycles. The van der Waals surface area contributed by atoms with Crippen molar-refractivity contribution in [2.75, 3.05) is 31.1 Å². The Morgan fingerprint density at radius 3 is 2.46 bits per heavy atom. The molecule has 2 aromatic heterocycles. The maximum atomic E-state index is 6.10. The van der Waals surface area contributed by atoms with Gasteiger partial charge in [-0.05, 0) is 41.5 Å². The number of hydrogen-bond acceptors (Lipinski definition) is 5. The summed E-state index contributed by atoms with van der Waals surface area (Å²) in [5.41, 5.74) is 2.34. The number of benzene rings is 1. The summed E-state index contributed by atoms with van der Waals surface area (Å²) in [4.78, 5) is 13.5. The number of ether oxygens (including phenoxy) is 1. The van der Waals surface area contributed by atoms with Crippen molar-refractivity contribution < 1.29 is 4.74 Å². The van der Waals surface area contributed by atoms with E-state index in [1.165, 1.54) is 5.56 Å². The summed E-state index contributed by atoms with van der Waals surface area (Å²) in [6.45, 7) is 5.30. The second-order valence-corrected chi connectivity index (χ2v) is 7.31. The Hall–Kier alpha value is -2.63. The lowest BCUT2D eigenvalue weighted by molar-refractivity contribution is 0.248. The van der Waals surface area contributed by atoms with E-state index in [0.29, 0.717) is 12.5 Å². The fourth-order valence-corrected chi connectivity index (χ4v) is 3.54. The van der Waals surface area contributed by atoms with E-state index in [2.05, 4.69) is 25.8 Å². The molecule has 1 aliphatic rings. The Kier molecular flexibility index (Phi) is 6.04. The smallest absolute Gasteiger partial charge is 0.215 e. The first-order valence-corrected chi connectivity index (χ1v) is 9.84. The molecular formula is C22H23ClN4O. The number of aromatic nitrogens is 2. The molecule has 1 fully saturated rings. The maximum Gasteiger partial charge on any atom is 0.215 e. The van der Waals surface area contributed by atoms with E-state index in [0.717, 1.165) is 49.1 Å². The lowest BCUT2D eigenvalue weighted by Crippen LogP contribution is -2.46. The zero-order chi connectivity index (χ0) is 19.2. The van der Waals surface area contributed by atoms with Crippen LogP contribution in [0.15, 0.2) is 67.0 Å². The van der Waals surface area contributed by atoms with E-state index in [9.17, 15) is 0 Å². The molecule has 5 nitrogen and oxygen atoms in total. The Morgan fingerprint density at radius 2 is 1.68 bits per heavy atom. The molecular weight excluding hydrogens is 372 g/mol. The van der Waals surface area contributed by atoms with E-state index in [1.54, 1.807) is 12.4 Å². The molecule has 0 amide bonds.